The molecule has 1 aromatic carbocycles. The number of hydrogen-bond acceptors (Lipinski definition) is 4. The molecule has 0 aliphatic rings. The van der Waals surface area contributed by atoms with Crippen LogP contribution in [0.25, 0.3) is 11.3 Å². The zero-order valence-electron chi connectivity index (χ0n) is 12.1. The molecule has 0 radical (unpaired) electrons. The van der Waals surface area contributed by atoms with Crippen molar-refractivity contribution >= 4 is 0 Å². The van der Waals surface area contributed by atoms with Gasteiger partial charge in [0.15, 0.2) is 0 Å². The maximum absolute atomic E-state index is 11.8. The van der Waals surface area contributed by atoms with Crippen LogP contribution in [0, 0.1) is 0 Å². The maximum atomic E-state index is 11.8. The van der Waals surface area contributed by atoms with Gasteiger partial charge in [-0.2, -0.15) is 0 Å². The van der Waals surface area contributed by atoms with Gasteiger partial charge in [-0.25, -0.2) is 4.98 Å². The van der Waals surface area contributed by atoms with E-state index in [0.29, 0.717) is 28.6 Å². The number of H-pyrrole nitrogens is 1. The van der Waals surface area contributed by atoms with Gasteiger partial charge in [-0.1, -0.05) is 19.9 Å². The van der Waals surface area contributed by atoms with E-state index in [9.17, 15) is 4.79 Å². The Hall–Kier alpha value is -2.30. The molecule has 20 heavy (non-hydrogen) atoms. The molecular formula is C15H18N2O3. The highest BCUT2D eigenvalue weighted by Crippen LogP contribution is 2.36. The topological polar surface area (TPSA) is 64.2 Å². The number of methoxy groups -OCH3 is 2. The molecule has 0 spiro atoms. The fourth-order valence-corrected chi connectivity index (χ4v) is 1.98. The Morgan fingerprint density at radius 1 is 1.15 bits per heavy atom. The monoisotopic (exact) mass is 274 g/mol. The summed E-state index contributed by atoms with van der Waals surface area (Å²) in [6.45, 7) is 3.95. The summed E-state index contributed by atoms with van der Waals surface area (Å²) in [5.74, 6) is 2.01. The van der Waals surface area contributed by atoms with E-state index in [0.717, 1.165) is 0 Å². The summed E-state index contributed by atoms with van der Waals surface area (Å²) in [7, 11) is 3.16. The van der Waals surface area contributed by atoms with Crippen molar-refractivity contribution in [3.8, 4) is 22.8 Å². The van der Waals surface area contributed by atoms with Gasteiger partial charge in [0.25, 0.3) is 5.56 Å². The molecule has 0 fully saturated rings. The van der Waals surface area contributed by atoms with E-state index in [1.165, 1.54) is 6.07 Å². The molecule has 0 unspecified atom stereocenters. The third-order valence-electron chi connectivity index (χ3n) is 2.99. The smallest absolute Gasteiger partial charge is 0.251 e. The zero-order chi connectivity index (χ0) is 14.7. The minimum absolute atomic E-state index is 0.128. The van der Waals surface area contributed by atoms with Crippen molar-refractivity contribution < 1.29 is 9.47 Å². The molecule has 2 rings (SSSR count). The van der Waals surface area contributed by atoms with Crippen molar-refractivity contribution in [1.82, 2.24) is 9.97 Å². The Balaban J connectivity index is 2.70. The summed E-state index contributed by atoms with van der Waals surface area (Å²) >= 11 is 0. The molecule has 106 valence electrons. The minimum Gasteiger partial charge on any atom is -0.496 e. The first kappa shape index (κ1) is 14.1. The molecule has 0 atom stereocenters. The molecule has 1 aromatic heterocycles. The second kappa shape index (κ2) is 5.77. The Labute approximate surface area is 117 Å². The molecule has 0 saturated heterocycles. The number of aromatic nitrogens is 2. The molecule has 1 heterocycles. The second-order valence-corrected chi connectivity index (χ2v) is 4.71. The molecule has 5 nitrogen and oxygen atoms in total. The lowest BCUT2D eigenvalue weighted by Gasteiger charge is -2.13. The molecule has 0 bridgehead atoms. The number of aromatic amines is 1. The molecule has 1 N–H and O–H groups in total. The van der Waals surface area contributed by atoms with E-state index >= 15 is 0 Å². The predicted molar refractivity (Wildman–Crippen MR) is 77.5 cm³/mol. The lowest BCUT2D eigenvalue weighted by Crippen LogP contribution is -2.12. The molecule has 0 aliphatic carbocycles. The Morgan fingerprint density at radius 3 is 2.25 bits per heavy atom. The van der Waals surface area contributed by atoms with Gasteiger partial charge in [0.2, 0.25) is 0 Å². The number of nitrogens with zero attached hydrogens (tertiary/aromatic N) is 1. The normalized spacial score (nSPS) is 10.7. The Bertz CT molecular complexity index is 640. The summed E-state index contributed by atoms with van der Waals surface area (Å²) < 4.78 is 10.7. The van der Waals surface area contributed by atoms with E-state index in [4.69, 9.17) is 9.47 Å². The van der Waals surface area contributed by atoms with Gasteiger partial charge < -0.3 is 14.5 Å². The number of ether oxygens (including phenoxy) is 2. The highest BCUT2D eigenvalue weighted by Gasteiger charge is 2.15. The van der Waals surface area contributed by atoms with E-state index in [-0.39, 0.29) is 11.5 Å². The third kappa shape index (κ3) is 2.66. The molecule has 0 aliphatic heterocycles. The molecule has 0 saturated carbocycles. The van der Waals surface area contributed by atoms with Crippen LogP contribution in [0.15, 0.2) is 29.1 Å². The maximum Gasteiger partial charge on any atom is 0.251 e. The van der Waals surface area contributed by atoms with Crippen molar-refractivity contribution in [3.05, 3.63) is 40.4 Å². The van der Waals surface area contributed by atoms with Crippen molar-refractivity contribution in [2.75, 3.05) is 14.2 Å². The number of nitrogens with one attached hydrogen (secondary N) is 1. The summed E-state index contributed by atoms with van der Waals surface area (Å²) in [6.07, 6.45) is 0. The van der Waals surface area contributed by atoms with Gasteiger partial charge in [-0.05, 0) is 12.1 Å². The first-order valence-corrected chi connectivity index (χ1v) is 6.39. The predicted octanol–water partition coefficient (Wildman–Crippen LogP) is 2.58. The lowest BCUT2D eigenvalue weighted by molar-refractivity contribution is 0.397. The highest BCUT2D eigenvalue weighted by atomic mass is 16.5. The fraction of sp³-hybridized carbons (Fsp3) is 0.333. The quantitative estimate of drug-likeness (QED) is 0.930. The van der Waals surface area contributed by atoms with Gasteiger partial charge in [0.05, 0.1) is 25.5 Å². The number of rotatable bonds is 4. The van der Waals surface area contributed by atoms with Gasteiger partial charge >= 0.3 is 0 Å². The summed E-state index contributed by atoms with van der Waals surface area (Å²) in [6, 6.07) is 6.91. The molecule has 5 heteroatoms. The van der Waals surface area contributed by atoms with Gasteiger partial charge in [0, 0.05) is 12.0 Å². The minimum atomic E-state index is -0.188. The van der Waals surface area contributed by atoms with Crippen molar-refractivity contribution in [2.45, 2.75) is 19.8 Å². The summed E-state index contributed by atoms with van der Waals surface area (Å²) in [4.78, 5) is 19.1. The SMILES string of the molecule is COc1cccc(OC)c1-c1cc(=O)[nH]c(C(C)C)n1. The van der Waals surface area contributed by atoms with Gasteiger partial charge in [-0.3, -0.25) is 4.79 Å². The first-order chi connectivity index (χ1) is 9.56. The molecule has 2 aromatic rings. The van der Waals surface area contributed by atoms with Crippen molar-refractivity contribution in [3.63, 3.8) is 0 Å². The summed E-state index contributed by atoms with van der Waals surface area (Å²) in [5.41, 5.74) is 1.05. The van der Waals surface area contributed by atoms with Crippen molar-refractivity contribution in [1.29, 1.82) is 0 Å². The standard InChI is InChI=1S/C15H18N2O3/c1-9(2)15-16-10(8-13(18)17-15)14-11(19-3)6-5-7-12(14)20-4/h5-9H,1-4H3,(H,16,17,18). The Morgan fingerprint density at radius 2 is 1.75 bits per heavy atom. The van der Waals surface area contributed by atoms with E-state index in [1.54, 1.807) is 14.2 Å². The molecular weight excluding hydrogens is 256 g/mol. The van der Waals surface area contributed by atoms with Crippen LogP contribution >= 0.6 is 0 Å². The van der Waals surface area contributed by atoms with Crippen LogP contribution in [0.5, 0.6) is 11.5 Å². The Kier molecular flexibility index (Phi) is 4.08. The highest BCUT2D eigenvalue weighted by molar-refractivity contribution is 5.74. The van der Waals surface area contributed by atoms with Crippen LogP contribution in [0.3, 0.4) is 0 Å². The van der Waals surface area contributed by atoms with E-state index < -0.39 is 0 Å². The van der Waals surface area contributed by atoms with Crippen LogP contribution in [0.1, 0.15) is 25.6 Å². The van der Waals surface area contributed by atoms with Crippen LogP contribution in [0.4, 0.5) is 0 Å². The van der Waals surface area contributed by atoms with Gasteiger partial charge in [0.1, 0.15) is 17.3 Å². The molecule has 0 amide bonds. The van der Waals surface area contributed by atoms with Crippen LogP contribution in [0.2, 0.25) is 0 Å². The zero-order valence-corrected chi connectivity index (χ0v) is 12.1. The third-order valence-corrected chi connectivity index (χ3v) is 2.99. The average Bonchev–Trinajstić information content (AvgIpc) is 2.45. The first-order valence-electron chi connectivity index (χ1n) is 6.39. The van der Waals surface area contributed by atoms with E-state index in [1.807, 2.05) is 32.0 Å². The van der Waals surface area contributed by atoms with Crippen LogP contribution < -0.4 is 15.0 Å². The lowest BCUT2D eigenvalue weighted by atomic mass is 10.1. The summed E-state index contributed by atoms with van der Waals surface area (Å²) in [5, 5.41) is 0. The van der Waals surface area contributed by atoms with Crippen LogP contribution in [-0.2, 0) is 0 Å². The van der Waals surface area contributed by atoms with Crippen molar-refractivity contribution in [2.24, 2.45) is 0 Å². The number of hydrogen-bond donors (Lipinski definition) is 1. The average molecular weight is 274 g/mol. The van der Waals surface area contributed by atoms with Gasteiger partial charge in [-0.15, -0.1) is 0 Å². The largest absolute Gasteiger partial charge is 0.496 e. The number of benzene rings is 1. The van der Waals surface area contributed by atoms with Crippen LogP contribution in [-0.4, -0.2) is 24.2 Å². The fourth-order valence-electron chi connectivity index (χ4n) is 1.98. The van der Waals surface area contributed by atoms with E-state index in [2.05, 4.69) is 9.97 Å². The second-order valence-electron chi connectivity index (χ2n) is 4.71.